The van der Waals surface area contributed by atoms with Crippen LogP contribution in [0.4, 0.5) is 5.69 Å². The molecule has 1 N–H and O–H groups in total. The van der Waals surface area contributed by atoms with Gasteiger partial charge in [-0.15, -0.1) is 0 Å². The first-order valence-electron chi connectivity index (χ1n) is 4.43. The number of carbonyl (C=O) groups excluding carboxylic acids is 1. The Morgan fingerprint density at radius 2 is 2.07 bits per heavy atom. The SMILES string of the molecule is O=C(Nc1ccccc1)C1=CC=COS1. The Kier molecular flexibility index (Phi) is 3.09. The molecular formula is C11H9NO2S. The van der Waals surface area contributed by atoms with Gasteiger partial charge in [-0.05, 0) is 24.3 Å². The third-order valence-electron chi connectivity index (χ3n) is 1.78. The molecule has 1 aromatic rings. The minimum absolute atomic E-state index is 0.157. The predicted molar refractivity (Wildman–Crippen MR) is 61.0 cm³/mol. The smallest absolute Gasteiger partial charge is 0.265 e. The zero-order valence-corrected chi connectivity index (χ0v) is 8.66. The first kappa shape index (κ1) is 9.86. The molecule has 0 fully saturated rings. The summed E-state index contributed by atoms with van der Waals surface area (Å²) in [5.41, 5.74) is 0.776. The topological polar surface area (TPSA) is 38.3 Å². The molecule has 1 amide bonds. The molecule has 0 spiro atoms. The van der Waals surface area contributed by atoms with E-state index in [0.717, 1.165) is 17.7 Å². The molecule has 1 aliphatic rings. The van der Waals surface area contributed by atoms with Gasteiger partial charge in [0.25, 0.3) is 5.91 Å². The first-order chi connectivity index (χ1) is 7.36. The van der Waals surface area contributed by atoms with Crippen LogP contribution in [0.3, 0.4) is 0 Å². The number of anilines is 1. The Morgan fingerprint density at radius 1 is 1.27 bits per heavy atom. The number of benzene rings is 1. The Labute approximate surface area is 92.0 Å². The van der Waals surface area contributed by atoms with Crippen molar-refractivity contribution in [2.24, 2.45) is 0 Å². The molecular weight excluding hydrogens is 210 g/mol. The van der Waals surface area contributed by atoms with Crippen molar-refractivity contribution in [3.8, 4) is 0 Å². The van der Waals surface area contributed by atoms with E-state index in [4.69, 9.17) is 4.18 Å². The normalized spacial score (nSPS) is 14.0. The second kappa shape index (κ2) is 4.70. The molecule has 0 aliphatic carbocycles. The second-order valence-electron chi connectivity index (χ2n) is 2.86. The van der Waals surface area contributed by atoms with E-state index in [0.29, 0.717) is 4.91 Å². The number of amides is 1. The number of nitrogens with one attached hydrogen (secondary N) is 1. The van der Waals surface area contributed by atoms with Crippen molar-refractivity contribution in [3.05, 3.63) is 53.7 Å². The van der Waals surface area contributed by atoms with Crippen molar-refractivity contribution >= 4 is 23.6 Å². The zero-order valence-electron chi connectivity index (χ0n) is 7.84. The molecule has 0 saturated carbocycles. The number of carbonyl (C=O) groups is 1. The predicted octanol–water partition coefficient (Wildman–Crippen LogP) is 2.70. The summed E-state index contributed by atoms with van der Waals surface area (Å²) < 4.78 is 4.95. The molecule has 1 heterocycles. The van der Waals surface area contributed by atoms with E-state index in [1.54, 1.807) is 12.2 Å². The molecule has 0 saturated heterocycles. The standard InChI is InChI=1S/C11H9NO2S/c13-11(10-7-4-8-14-15-10)12-9-5-2-1-3-6-9/h1-8H,(H,12,13). The number of allylic oxidation sites excluding steroid dienone is 2. The summed E-state index contributed by atoms with van der Waals surface area (Å²) in [6, 6.07) is 9.31. The van der Waals surface area contributed by atoms with E-state index in [9.17, 15) is 4.79 Å². The molecule has 0 bridgehead atoms. The molecule has 0 atom stereocenters. The third kappa shape index (κ3) is 2.63. The van der Waals surface area contributed by atoms with E-state index < -0.39 is 0 Å². The quantitative estimate of drug-likeness (QED) is 0.777. The van der Waals surface area contributed by atoms with Gasteiger partial charge in [-0.25, -0.2) is 0 Å². The van der Waals surface area contributed by atoms with Crippen LogP contribution in [0, 0.1) is 0 Å². The van der Waals surface area contributed by atoms with Gasteiger partial charge in [0.2, 0.25) is 0 Å². The van der Waals surface area contributed by atoms with E-state index in [1.165, 1.54) is 6.26 Å². The van der Waals surface area contributed by atoms with Gasteiger partial charge in [0, 0.05) is 5.69 Å². The first-order valence-corrected chi connectivity index (χ1v) is 5.17. The van der Waals surface area contributed by atoms with Gasteiger partial charge in [-0.3, -0.25) is 4.79 Å². The van der Waals surface area contributed by atoms with Crippen molar-refractivity contribution in [2.75, 3.05) is 5.32 Å². The Hall–Kier alpha value is -1.68. The summed E-state index contributed by atoms with van der Waals surface area (Å²) >= 11 is 1.05. The maximum Gasteiger partial charge on any atom is 0.265 e. The van der Waals surface area contributed by atoms with Crippen molar-refractivity contribution < 1.29 is 8.98 Å². The van der Waals surface area contributed by atoms with Crippen molar-refractivity contribution in [1.82, 2.24) is 0 Å². The highest BCUT2D eigenvalue weighted by molar-refractivity contribution is 7.99. The lowest BCUT2D eigenvalue weighted by Crippen LogP contribution is -2.13. The van der Waals surface area contributed by atoms with Crippen LogP contribution >= 0.6 is 12.0 Å². The molecule has 1 aromatic carbocycles. The average Bonchev–Trinajstić information content (AvgIpc) is 2.31. The van der Waals surface area contributed by atoms with E-state index in [1.807, 2.05) is 30.3 Å². The maximum absolute atomic E-state index is 11.7. The summed E-state index contributed by atoms with van der Waals surface area (Å²) in [7, 11) is 0. The molecule has 0 radical (unpaired) electrons. The molecule has 4 heteroatoms. The van der Waals surface area contributed by atoms with E-state index >= 15 is 0 Å². The number of rotatable bonds is 2. The van der Waals surface area contributed by atoms with Gasteiger partial charge in [-0.2, -0.15) is 0 Å². The van der Waals surface area contributed by atoms with Crippen LogP contribution in [-0.4, -0.2) is 5.91 Å². The van der Waals surface area contributed by atoms with Gasteiger partial charge in [0.1, 0.15) is 11.2 Å². The lowest BCUT2D eigenvalue weighted by Gasteiger charge is -2.08. The third-order valence-corrected chi connectivity index (χ3v) is 2.48. The Bertz CT molecular complexity index is 412. The van der Waals surface area contributed by atoms with Crippen molar-refractivity contribution in [3.63, 3.8) is 0 Å². The van der Waals surface area contributed by atoms with Crippen LogP contribution in [-0.2, 0) is 8.98 Å². The fourth-order valence-corrected chi connectivity index (χ4v) is 1.58. The minimum Gasteiger partial charge on any atom is -0.428 e. The summed E-state index contributed by atoms with van der Waals surface area (Å²) in [6.45, 7) is 0. The van der Waals surface area contributed by atoms with Crippen LogP contribution in [0.1, 0.15) is 0 Å². The van der Waals surface area contributed by atoms with Crippen LogP contribution in [0.15, 0.2) is 53.7 Å². The zero-order chi connectivity index (χ0) is 10.5. The maximum atomic E-state index is 11.7. The van der Waals surface area contributed by atoms with E-state index in [-0.39, 0.29) is 5.91 Å². The van der Waals surface area contributed by atoms with Crippen LogP contribution in [0.25, 0.3) is 0 Å². The van der Waals surface area contributed by atoms with Crippen molar-refractivity contribution in [1.29, 1.82) is 0 Å². The highest BCUT2D eigenvalue weighted by Gasteiger charge is 2.12. The largest absolute Gasteiger partial charge is 0.428 e. The number of hydrogen-bond acceptors (Lipinski definition) is 3. The van der Waals surface area contributed by atoms with E-state index in [2.05, 4.69) is 5.32 Å². The Morgan fingerprint density at radius 3 is 2.73 bits per heavy atom. The molecule has 0 aromatic heterocycles. The summed E-state index contributed by atoms with van der Waals surface area (Å²) in [6.07, 6.45) is 4.94. The monoisotopic (exact) mass is 219 g/mol. The van der Waals surface area contributed by atoms with Gasteiger partial charge in [0.05, 0.1) is 12.0 Å². The lowest BCUT2D eigenvalue weighted by atomic mass is 10.3. The number of para-hydroxylation sites is 1. The minimum atomic E-state index is -0.157. The molecule has 3 nitrogen and oxygen atoms in total. The summed E-state index contributed by atoms with van der Waals surface area (Å²) in [4.78, 5) is 12.2. The van der Waals surface area contributed by atoms with Crippen molar-refractivity contribution in [2.45, 2.75) is 0 Å². The van der Waals surface area contributed by atoms with Crippen LogP contribution in [0.5, 0.6) is 0 Å². The fraction of sp³-hybridized carbons (Fsp3) is 0. The molecule has 0 unspecified atom stereocenters. The van der Waals surface area contributed by atoms with Gasteiger partial charge in [0.15, 0.2) is 0 Å². The lowest BCUT2D eigenvalue weighted by molar-refractivity contribution is -0.112. The average molecular weight is 219 g/mol. The van der Waals surface area contributed by atoms with Gasteiger partial charge < -0.3 is 9.50 Å². The second-order valence-corrected chi connectivity index (χ2v) is 3.66. The molecule has 2 rings (SSSR count). The highest BCUT2D eigenvalue weighted by Crippen LogP contribution is 2.22. The summed E-state index contributed by atoms with van der Waals surface area (Å²) in [5, 5.41) is 2.77. The summed E-state index contributed by atoms with van der Waals surface area (Å²) in [5.74, 6) is -0.157. The van der Waals surface area contributed by atoms with Gasteiger partial charge in [-0.1, -0.05) is 18.2 Å². The number of hydrogen-bond donors (Lipinski definition) is 1. The van der Waals surface area contributed by atoms with Crippen LogP contribution in [0.2, 0.25) is 0 Å². The molecule has 1 aliphatic heterocycles. The highest BCUT2D eigenvalue weighted by atomic mass is 32.2. The van der Waals surface area contributed by atoms with Gasteiger partial charge >= 0.3 is 0 Å². The fourth-order valence-electron chi connectivity index (χ4n) is 1.09. The van der Waals surface area contributed by atoms with Crippen LogP contribution < -0.4 is 5.32 Å². The molecule has 15 heavy (non-hydrogen) atoms. The Balaban J connectivity index is 2.04. The molecule has 76 valence electrons.